The molecule has 0 spiro atoms. The summed E-state index contributed by atoms with van der Waals surface area (Å²) in [5.41, 5.74) is 4.32. The molecular weight excluding hydrogens is 308 g/mol. The Labute approximate surface area is 154 Å². The molecule has 1 aromatic carbocycles. The Morgan fingerprint density at radius 1 is 1.04 bits per heavy atom. The van der Waals surface area contributed by atoms with E-state index in [1.165, 1.54) is 48.9 Å². The summed E-state index contributed by atoms with van der Waals surface area (Å²) < 4.78 is 6.29. The van der Waals surface area contributed by atoms with Crippen molar-refractivity contribution in [3.8, 4) is 0 Å². The van der Waals surface area contributed by atoms with E-state index in [1.807, 2.05) is 7.11 Å². The average molecular weight is 345 g/mol. The maximum Gasteiger partial charge on any atom is 0.200 e. The number of nitrogens with zero attached hydrogens (tertiary/aromatic N) is 1. The molecule has 0 amide bonds. The molecule has 1 aliphatic heterocycles. The Morgan fingerprint density at radius 2 is 1.64 bits per heavy atom. The Kier molecular flexibility index (Phi) is 5.75. The van der Waals surface area contributed by atoms with Crippen LogP contribution in [0.25, 0.3) is 0 Å². The van der Waals surface area contributed by atoms with Gasteiger partial charge in [-0.15, -0.1) is 0 Å². The van der Waals surface area contributed by atoms with Crippen molar-refractivity contribution in [1.29, 1.82) is 0 Å². The summed E-state index contributed by atoms with van der Waals surface area (Å²) >= 11 is 0. The number of para-hydroxylation sites is 1. The molecule has 3 rings (SSSR count). The zero-order valence-corrected chi connectivity index (χ0v) is 16.8. The number of benzene rings is 1. The van der Waals surface area contributed by atoms with E-state index < -0.39 is 0 Å². The highest BCUT2D eigenvalue weighted by Gasteiger charge is 2.49. The van der Waals surface area contributed by atoms with Gasteiger partial charge in [0.25, 0.3) is 0 Å². The normalized spacial score (nSPS) is 25.3. The molecular formula is C22H36N2O. The first kappa shape index (κ1) is 18.7. The minimum Gasteiger partial charge on any atom is -0.346 e. The largest absolute Gasteiger partial charge is 0.346 e. The van der Waals surface area contributed by atoms with Crippen LogP contribution < -0.4 is 10.2 Å². The van der Waals surface area contributed by atoms with E-state index in [0.29, 0.717) is 17.8 Å². The maximum absolute atomic E-state index is 6.29. The lowest BCUT2D eigenvalue weighted by Gasteiger charge is -2.47. The molecule has 1 saturated carbocycles. The van der Waals surface area contributed by atoms with Gasteiger partial charge >= 0.3 is 0 Å². The lowest BCUT2D eigenvalue weighted by molar-refractivity contribution is -0.0790. The molecule has 3 nitrogen and oxygen atoms in total. The monoisotopic (exact) mass is 344 g/mol. The lowest BCUT2D eigenvalue weighted by atomic mass is 9.83. The highest BCUT2D eigenvalue weighted by molar-refractivity contribution is 5.64. The lowest BCUT2D eigenvalue weighted by Crippen LogP contribution is -2.59. The number of ether oxygens (including phenoxy) is 1. The predicted octanol–water partition coefficient (Wildman–Crippen LogP) is 5.22. The smallest absolute Gasteiger partial charge is 0.200 e. The molecule has 140 valence electrons. The Bertz CT molecular complexity index is 551. The van der Waals surface area contributed by atoms with Crippen LogP contribution in [0.2, 0.25) is 0 Å². The van der Waals surface area contributed by atoms with Gasteiger partial charge in [0.1, 0.15) is 0 Å². The molecule has 1 saturated heterocycles. The van der Waals surface area contributed by atoms with Crippen LogP contribution in [0.1, 0.15) is 82.8 Å². The summed E-state index contributed by atoms with van der Waals surface area (Å²) in [6.45, 7) is 11.2. The molecule has 0 bridgehead atoms. The van der Waals surface area contributed by atoms with E-state index in [9.17, 15) is 0 Å². The third-order valence-corrected chi connectivity index (χ3v) is 6.20. The van der Waals surface area contributed by atoms with Crippen LogP contribution in [0.15, 0.2) is 18.2 Å². The van der Waals surface area contributed by atoms with Crippen molar-refractivity contribution < 1.29 is 4.74 Å². The first-order chi connectivity index (χ1) is 12.0. The number of methoxy groups -OCH3 is 1. The van der Waals surface area contributed by atoms with Crippen LogP contribution in [-0.4, -0.2) is 26.0 Å². The molecule has 1 heterocycles. The summed E-state index contributed by atoms with van der Waals surface area (Å²) in [7, 11) is 1.90. The topological polar surface area (TPSA) is 24.5 Å². The van der Waals surface area contributed by atoms with Crippen molar-refractivity contribution in [2.75, 3.05) is 25.1 Å². The summed E-state index contributed by atoms with van der Waals surface area (Å²) in [4.78, 5) is 2.58. The molecule has 0 radical (unpaired) electrons. The maximum atomic E-state index is 6.29. The van der Waals surface area contributed by atoms with Gasteiger partial charge < -0.3 is 9.64 Å². The average Bonchev–Trinajstić information content (AvgIpc) is 3.06. The Hall–Kier alpha value is -1.06. The summed E-state index contributed by atoms with van der Waals surface area (Å²) in [5, 5.41) is 3.77. The van der Waals surface area contributed by atoms with Gasteiger partial charge in [0.15, 0.2) is 0 Å². The summed E-state index contributed by atoms with van der Waals surface area (Å²) in [6, 6.07) is 6.85. The number of hydrogen-bond donors (Lipinski definition) is 1. The molecule has 1 N–H and O–H groups in total. The molecule has 25 heavy (non-hydrogen) atoms. The fourth-order valence-electron chi connectivity index (χ4n) is 4.92. The van der Waals surface area contributed by atoms with Crippen LogP contribution in [0, 0.1) is 5.92 Å². The highest BCUT2D eigenvalue weighted by atomic mass is 16.5. The third kappa shape index (κ3) is 3.33. The van der Waals surface area contributed by atoms with Crippen LogP contribution in [0.3, 0.4) is 0 Å². The van der Waals surface area contributed by atoms with E-state index in [2.05, 4.69) is 56.1 Å². The molecule has 1 atom stereocenters. The number of anilines is 1. The van der Waals surface area contributed by atoms with Crippen LogP contribution in [0.5, 0.6) is 0 Å². The van der Waals surface area contributed by atoms with Gasteiger partial charge in [-0.1, -0.05) is 65.2 Å². The van der Waals surface area contributed by atoms with Gasteiger partial charge in [-0.05, 0) is 35.8 Å². The summed E-state index contributed by atoms with van der Waals surface area (Å²) in [5.74, 6) is 1.24. The van der Waals surface area contributed by atoms with E-state index in [1.54, 1.807) is 0 Å². The molecule has 2 fully saturated rings. The Balaban J connectivity index is 2.10. The zero-order valence-electron chi connectivity index (χ0n) is 16.8. The number of nitrogens with one attached hydrogen (secondary N) is 1. The number of rotatable bonds is 5. The first-order valence-electron chi connectivity index (χ1n) is 10.2. The van der Waals surface area contributed by atoms with E-state index in [4.69, 9.17) is 4.74 Å². The van der Waals surface area contributed by atoms with Gasteiger partial charge in [-0.2, -0.15) is 0 Å². The molecule has 1 unspecified atom stereocenters. The van der Waals surface area contributed by atoms with Gasteiger partial charge in [0, 0.05) is 31.8 Å². The van der Waals surface area contributed by atoms with E-state index in [-0.39, 0.29) is 5.85 Å². The van der Waals surface area contributed by atoms with Crippen LogP contribution >= 0.6 is 0 Å². The van der Waals surface area contributed by atoms with Crippen molar-refractivity contribution >= 4 is 5.69 Å². The van der Waals surface area contributed by atoms with E-state index in [0.717, 1.165) is 13.1 Å². The van der Waals surface area contributed by atoms with Gasteiger partial charge in [-0.25, -0.2) is 0 Å². The first-order valence-corrected chi connectivity index (χ1v) is 10.2. The molecule has 3 heteroatoms. The van der Waals surface area contributed by atoms with Gasteiger partial charge in [-0.3, -0.25) is 5.32 Å². The quantitative estimate of drug-likeness (QED) is 0.792. The minimum absolute atomic E-state index is 0.338. The SMILES string of the molecule is COC1(C2CCCCC2)NCCN1c1c(C(C)C)cccc1C(C)C. The summed E-state index contributed by atoms with van der Waals surface area (Å²) in [6.07, 6.45) is 6.55. The van der Waals surface area contributed by atoms with Crippen molar-refractivity contribution in [2.45, 2.75) is 77.5 Å². The number of hydrogen-bond acceptors (Lipinski definition) is 3. The second kappa shape index (κ2) is 7.67. The fraction of sp³-hybridized carbons (Fsp3) is 0.727. The van der Waals surface area contributed by atoms with Gasteiger partial charge in [0.05, 0.1) is 0 Å². The molecule has 2 aliphatic rings. The van der Waals surface area contributed by atoms with Crippen molar-refractivity contribution in [2.24, 2.45) is 5.92 Å². The molecule has 1 aliphatic carbocycles. The second-order valence-corrected chi connectivity index (χ2v) is 8.41. The van der Waals surface area contributed by atoms with Crippen molar-refractivity contribution in [1.82, 2.24) is 5.32 Å². The zero-order chi connectivity index (χ0) is 18.0. The van der Waals surface area contributed by atoms with Crippen LogP contribution in [-0.2, 0) is 4.74 Å². The second-order valence-electron chi connectivity index (χ2n) is 8.41. The molecule has 1 aromatic rings. The van der Waals surface area contributed by atoms with Crippen molar-refractivity contribution in [3.05, 3.63) is 29.3 Å². The van der Waals surface area contributed by atoms with Gasteiger partial charge in [0.2, 0.25) is 5.85 Å². The molecule has 0 aromatic heterocycles. The standard InChI is InChI=1S/C22H36N2O/c1-16(2)19-12-9-13-20(17(3)4)21(19)24-15-14-23-22(24,25-5)18-10-7-6-8-11-18/h9,12-13,16-18,23H,6-8,10-11,14-15H2,1-5H3. The fourth-order valence-corrected chi connectivity index (χ4v) is 4.92. The highest BCUT2D eigenvalue weighted by Crippen LogP contribution is 2.44. The minimum atomic E-state index is -0.338. The van der Waals surface area contributed by atoms with E-state index >= 15 is 0 Å². The van der Waals surface area contributed by atoms with Crippen molar-refractivity contribution in [3.63, 3.8) is 0 Å². The third-order valence-electron chi connectivity index (χ3n) is 6.20. The Morgan fingerprint density at radius 3 is 2.16 bits per heavy atom. The predicted molar refractivity (Wildman–Crippen MR) is 106 cm³/mol. The van der Waals surface area contributed by atoms with Crippen LogP contribution in [0.4, 0.5) is 5.69 Å².